The zero-order chi connectivity index (χ0) is 15.9. The van der Waals surface area contributed by atoms with Crippen LogP contribution in [0.4, 0.5) is 5.69 Å². The van der Waals surface area contributed by atoms with E-state index in [1.807, 2.05) is 24.3 Å². The number of hydrogen-bond acceptors (Lipinski definition) is 5. The maximum atomic E-state index is 11.5. The number of methoxy groups -OCH3 is 2. The maximum Gasteiger partial charge on any atom is 0.337 e. The third kappa shape index (κ3) is 3.99. The number of aliphatic hydroxyl groups excluding tert-OH is 1. The summed E-state index contributed by atoms with van der Waals surface area (Å²) in [6.45, 7) is 0.493. The molecule has 0 aromatic heterocycles. The molecule has 0 unspecified atom stereocenters. The normalized spacial score (nSPS) is 10.1. The Morgan fingerprint density at radius 1 is 1.14 bits per heavy atom. The molecule has 0 bridgehead atoms. The molecule has 0 atom stereocenters. The highest BCUT2D eigenvalue weighted by Crippen LogP contribution is 2.21. The van der Waals surface area contributed by atoms with Crippen LogP contribution in [0.3, 0.4) is 0 Å². The Hall–Kier alpha value is -2.53. The third-order valence-electron chi connectivity index (χ3n) is 3.23. The van der Waals surface area contributed by atoms with E-state index in [1.165, 1.54) is 7.11 Å². The molecule has 0 heterocycles. The van der Waals surface area contributed by atoms with Gasteiger partial charge >= 0.3 is 5.97 Å². The van der Waals surface area contributed by atoms with E-state index in [9.17, 15) is 9.90 Å². The molecule has 0 saturated carbocycles. The fourth-order valence-corrected chi connectivity index (χ4v) is 2.10. The SMILES string of the molecule is COC(=O)c1cccc(CNc2cc(CO)cc(OC)c2)c1. The van der Waals surface area contributed by atoms with Crippen LogP contribution in [-0.4, -0.2) is 25.3 Å². The van der Waals surface area contributed by atoms with E-state index >= 15 is 0 Å². The largest absolute Gasteiger partial charge is 0.497 e. The van der Waals surface area contributed by atoms with Gasteiger partial charge in [-0.05, 0) is 35.4 Å². The van der Waals surface area contributed by atoms with Crippen molar-refractivity contribution in [3.05, 3.63) is 59.2 Å². The average Bonchev–Trinajstić information content (AvgIpc) is 2.59. The highest BCUT2D eigenvalue weighted by Gasteiger charge is 2.06. The Morgan fingerprint density at radius 3 is 2.64 bits per heavy atom. The van der Waals surface area contributed by atoms with Gasteiger partial charge in [-0.15, -0.1) is 0 Å². The van der Waals surface area contributed by atoms with Gasteiger partial charge in [0, 0.05) is 18.3 Å². The van der Waals surface area contributed by atoms with Crippen LogP contribution in [0.1, 0.15) is 21.5 Å². The first-order chi connectivity index (χ1) is 10.7. The zero-order valence-electron chi connectivity index (χ0n) is 12.6. The van der Waals surface area contributed by atoms with Gasteiger partial charge in [-0.25, -0.2) is 4.79 Å². The van der Waals surface area contributed by atoms with Gasteiger partial charge in [0.2, 0.25) is 0 Å². The summed E-state index contributed by atoms with van der Waals surface area (Å²) in [5.74, 6) is 0.322. The van der Waals surface area contributed by atoms with Gasteiger partial charge in [-0.2, -0.15) is 0 Å². The molecule has 0 amide bonds. The number of hydrogen-bond donors (Lipinski definition) is 2. The summed E-state index contributed by atoms with van der Waals surface area (Å²) in [6, 6.07) is 12.7. The Balaban J connectivity index is 2.11. The summed E-state index contributed by atoms with van der Waals surface area (Å²) < 4.78 is 9.91. The van der Waals surface area contributed by atoms with Gasteiger partial charge in [-0.3, -0.25) is 0 Å². The molecule has 0 aliphatic rings. The average molecular weight is 301 g/mol. The molecule has 2 rings (SSSR count). The van der Waals surface area contributed by atoms with E-state index in [0.717, 1.165) is 16.8 Å². The van der Waals surface area contributed by atoms with Crippen molar-refractivity contribution in [1.82, 2.24) is 0 Å². The highest BCUT2D eigenvalue weighted by atomic mass is 16.5. The maximum absolute atomic E-state index is 11.5. The van der Waals surface area contributed by atoms with Gasteiger partial charge in [-0.1, -0.05) is 12.1 Å². The lowest BCUT2D eigenvalue weighted by molar-refractivity contribution is 0.0600. The van der Waals surface area contributed by atoms with Crippen molar-refractivity contribution < 1.29 is 19.4 Å². The topological polar surface area (TPSA) is 67.8 Å². The van der Waals surface area contributed by atoms with Gasteiger partial charge < -0.3 is 19.9 Å². The molecular weight excluding hydrogens is 282 g/mol. The Labute approximate surface area is 129 Å². The van der Waals surface area contributed by atoms with Crippen LogP contribution >= 0.6 is 0 Å². The molecule has 0 radical (unpaired) electrons. The second kappa shape index (κ2) is 7.47. The van der Waals surface area contributed by atoms with Crippen molar-refractivity contribution in [3.63, 3.8) is 0 Å². The summed E-state index contributed by atoms with van der Waals surface area (Å²) in [5, 5.41) is 12.5. The quantitative estimate of drug-likeness (QED) is 0.803. The smallest absolute Gasteiger partial charge is 0.337 e. The van der Waals surface area contributed by atoms with E-state index in [1.54, 1.807) is 25.3 Å². The van der Waals surface area contributed by atoms with E-state index in [2.05, 4.69) is 5.32 Å². The van der Waals surface area contributed by atoms with Gasteiger partial charge in [0.1, 0.15) is 5.75 Å². The molecule has 0 aliphatic carbocycles. The molecular formula is C17H19NO4. The molecule has 5 nitrogen and oxygen atoms in total. The van der Waals surface area contributed by atoms with E-state index < -0.39 is 0 Å². The zero-order valence-corrected chi connectivity index (χ0v) is 12.6. The summed E-state index contributed by atoms with van der Waals surface area (Å²) in [6.07, 6.45) is 0. The molecule has 2 aromatic carbocycles. The number of benzene rings is 2. The molecule has 2 N–H and O–H groups in total. The standard InChI is InChI=1S/C17H19NO4/c1-21-16-8-13(11-19)7-15(9-16)18-10-12-4-3-5-14(6-12)17(20)22-2/h3-9,18-19H,10-11H2,1-2H3. The fourth-order valence-electron chi connectivity index (χ4n) is 2.10. The van der Waals surface area contributed by atoms with E-state index in [0.29, 0.717) is 17.9 Å². The van der Waals surface area contributed by atoms with Crippen LogP contribution in [0.15, 0.2) is 42.5 Å². The number of nitrogens with one attached hydrogen (secondary N) is 1. The number of aliphatic hydroxyl groups is 1. The van der Waals surface area contributed by atoms with Crippen LogP contribution in [0.2, 0.25) is 0 Å². The first kappa shape index (κ1) is 15.9. The lowest BCUT2D eigenvalue weighted by Crippen LogP contribution is -2.04. The Bertz CT molecular complexity index is 633. The second-order valence-corrected chi connectivity index (χ2v) is 4.77. The lowest BCUT2D eigenvalue weighted by Gasteiger charge is -2.11. The van der Waals surface area contributed by atoms with Crippen molar-refractivity contribution in [2.24, 2.45) is 0 Å². The minimum Gasteiger partial charge on any atom is -0.497 e. The Morgan fingerprint density at radius 2 is 1.95 bits per heavy atom. The molecule has 0 aliphatic heterocycles. The van der Waals surface area contributed by atoms with E-state index in [4.69, 9.17) is 9.47 Å². The first-order valence-corrected chi connectivity index (χ1v) is 6.86. The van der Waals surface area contributed by atoms with Gasteiger partial charge in [0.15, 0.2) is 0 Å². The number of esters is 1. The van der Waals surface area contributed by atoms with Crippen molar-refractivity contribution >= 4 is 11.7 Å². The van der Waals surface area contributed by atoms with Crippen molar-refractivity contribution in [2.45, 2.75) is 13.2 Å². The van der Waals surface area contributed by atoms with Crippen LogP contribution in [0.25, 0.3) is 0 Å². The van der Waals surface area contributed by atoms with Gasteiger partial charge in [0.25, 0.3) is 0 Å². The van der Waals surface area contributed by atoms with Crippen LogP contribution < -0.4 is 10.1 Å². The van der Waals surface area contributed by atoms with Crippen LogP contribution in [0.5, 0.6) is 5.75 Å². The number of rotatable bonds is 6. The minimum atomic E-state index is -0.356. The predicted molar refractivity (Wildman–Crippen MR) is 84.0 cm³/mol. The third-order valence-corrected chi connectivity index (χ3v) is 3.23. The highest BCUT2D eigenvalue weighted by molar-refractivity contribution is 5.89. The lowest BCUT2D eigenvalue weighted by atomic mass is 10.1. The Kier molecular flexibility index (Phi) is 5.38. The van der Waals surface area contributed by atoms with Crippen molar-refractivity contribution in [3.8, 4) is 5.75 Å². The minimum absolute atomic E-state index is 0.0519. The molecule has 2 aromatic rings. The molecule has 116 valence electrons. The summed E-state index contributed by atoms with van der Waals surface area (Å²) in [5.41, 5.74) is 3.08. The fraction of sp³-hybridized carbons (Fsp3) is 0.235. The molecule has 22 heavy (non-hydrogen) atoms. The molecule has 5 heteroatoms. The summed E-state index contributed by atoms with van der Waals surface area (Å²) >= 11 is 0. The number of carbonyl (C=O) groups is 1. The number of carbonyl (C=O) groups excluding carboxylic acids is 1. The van der Waals surface area contributed by atoms with Crippen LogP contribution in [-0.2, 0) is 17.9 Å². The second-order valence-electron chi connectivity index (χ2n) is 4.77. The first-order valence-electron chi connectivity index (χ1n) is 6.86. The molecule has 0 saturated heterocycles. The molecule has 0 spiro atoms. The number of anilines is 1. The van der Waals surface area contributed by atoms with Gasteiger partial charge in [0.05, 0.1) is 26.4 Å². The summed E-state index contributed by atoms with van der Waals surface area (Å²) in [4.78, 5) is 11.5. The summed E-state index contributed by atoms with van der Waals surface area (Å²) in [7, 11) is 2.94. The molecule has 0 fully saturated rings. The predicted octanol–water partition coefficient (Wildman–Crippen LogP) is 2.59. The van der Waals surface area contributed by atoms with Crippen LogP contribution in [0, 0.1) is 0 Å². The number of ether oxygens (including phenoxy) is 2. The van der Waals surface area contributed by atoms with E-state index in [-0.39, 0.29) is 12.6 Å². The monoisotopic (exact) mass is 301 g/mol. The van der Waals surface area contributed by atoms with Crippen molar-refractivity contribution in [1.29, 1.82) is 0 Å². The van der Waals surface area contributed by atoms with Crippen molar-refractivity contribution in [2.75, 3.05) is 19.5 Å².